The molecule has 1 aromatic carbocycles. The second-order valence-electron chi connectivity index (χ2n) is 5.26. The summed E-state index contributed by atoms with van der Waals surface area (Å²) in [6.45, 7) is 3.92. The summed E-state index contributed by atoms with van der Waals surface area (Å²) < 4.78 is 6.87. The van der Waals surface area contributed by atoms with Crippen molar-refractivity contribution < 1.29 is 4.74 Å². The highest BCUT2D eigenvalue weighted by Crippen LogP contribution is 2.36. The topological polar surface area (TPSA) is 34.2 Å². The number of pyridine rings is 1. The van der Waals surface area contributed by atoms with Crippen molar-refractivity contribution in [2.24, 2.45) is 0 Å². The van der Waals surface area contributed by atoms with Crippen LogP contribution in [0.15, 0.2) is 41.1 Å². The summed E-state index contributed by atoms with van der Waals surface area (Å²) in [7, 11) is 0. The lowest BCUT2D eigenvalue weighted by Crippen LogP contribution is -2.23. The first-order chi connectivity index (χ1) is 10.3. The van der Waals surface area contributed by atoms with Gasteiger partial charge in [0.25, 0.3) is 0 Å². The summed E-state index contributed by atoms with van der Waals surface area (Å²) in [6, 6.07) is 8.66. The average molecular weight is 347 g/mol. The summed E-state index contributed by atoms with van der Waals surface area (Å²) in [5, 5.41) is 3.62. The van der Waals surface area contributed by atoms with Gasteiger partial charge in [0.2, 0.25) is 0 Å². The van der Waals surface area contributed by atoms with Gasteiger partial charge in [0, 0.05) is 28.9 Å². The largest absolute Gasteiger partial charge is 0.493 e. The van der Waals surface area contributed by atoms with Gasteiger partial charge in [0.15, 0.2) is 0 Å². The zero-order valence-electron chi connectivity index (χ0n) is 12.1. The van der Waals surface area contributed by atoms with E-state index in [1.54, 1.807) is 0 Å². The molecule has 1 aliphatic heterocycles. The quantitative estimate of drug-likeness (QED) is 0.892. The SMILES string of the molecule is CCCNC(c1cncc(Br)c1)c1cccc2c1OCC2. The number of ether oxygens (including phenoxy) is 1. The van der Waals surface area contributed by atoms with Gasteiger partial charge < -0.3 is 10.1 Å². The molecule has 2 aromatic rings. The molecule has 0 fully saturated rings. The van der Waals surface area contributed by atoms with E-state index in [0.29, 0.717) is 0 Å². The lowest BCUT2D eigenvalue weighted by molar-refractivity contribution is 0.350. The van der Waals surface area contributed by atoms with E-state index in [1.807, 2.05) is 12.4 Å². The number of nitrogens with one attached hydrogen (secondary N) is 1. The van der Waals surface area contributed by atoms with Crippen molar-refractivity contribution in [3.05, 3.63) is 57.8 Å². The Kier molecular flexibility index (Phi) is 4.56. The molecular weight excluding hydrogens is 328 g/mol. The van der Waals surface area contributed by atoms with E-state index in [0.717, 1.165) is 41.8 Å². The van der Waals surface area contributed by atoms with Crippen LogP contribution in [0.4, 0.5) is 0 Å². The minimum atomic E-state index is 0.114. The zero-order chi connectivity index (χ0) is 14.7. The first kappa shape index (κ1) is 14.5. The molecule has 1 aromatic heterocycles. The molecule has 2 heterocycles. The van der Waals surface area contributed by atoms with Gasteiger partial charge in [-0.05, 0) is 46.1 Å². The predicted octanol–water partition coefficient (Wildman–Crippen LogP) is 3.87. The first-order valence-corrected chi connectivity index (χ1v) is 8.17. The normalized spacial score (nSPS) is 14.6. The van der Waals surface area contributed by atoms with Gasteiger partial charge in [-0.2, -0.15) is 0 Å². The molecule has 0 spiro atoms. The van der Waals surface area contributed by atoms with Crippen molar-refractivity contribution in [2.75, 3.05) is 13.2 Å². The van der Waals surface area contributed by atoms with Crippen molar-refractivity contribution in [3.8, 4) is 5.75 Å². The second kappa shape index (κ2) is 6.58. The van der Waals surface area contributed by atoms with Crippen molar-refractivity contribution in [1.29, 1.82) is 0 Å². The van der Waals surface area contributed by atoms with E-state index in [4.69, 9.17) is 4.74 Å². The molecule has 0 amide bonds. The maximum atomic E-state index is 5.87. The molecular formula is C17H19BrN2O. The molecule has 0 saturated heterocycles. The summed E-state index contributed by atoms with van der Waals surface area (Å²) in [4.78, 5) is 4.30. The number of nitrogens with zero attached hydrogens (tertiary/aromatic N) is 1. The summed E-state index contributed by atoms with van der Waals surface area (Å²) >= 11 is 3.51. The molecule has 3 rings (SSSR count). The number of aromatic nitrogens is 1. The summed E-state index contributed by atoms with van der Waals surface area (Å²) in [6.07, 6.45) is 5.83. The van der Waals surface area contributed by atoms with Crippen molar-refractivity contribution in [2.45, 2.75) is 25.8 Å². The Hall–Kier alpha value is -1.39. The molecule has 0 saturated carbocycles. The smallest absolute Gasteiger partial charge is 0.127 e. The molecule has 4 heteroatoms. The van der Waals surface area contributed by atoms with Crippen LogP contribution in [0.5, 0.6) is 5.75 Å². The number of rotatable bonds is 5. The molecule has 1 unspecified atom stereocenters. The maximum absolute atomic E-state index is 5.87. The lowest BCUT2D eigenvalue weighted by Gasteiger charge is -2.21. The van der Waals surface area contributed by atoms with Crippen LogP contribution in [0.1, 0.15) is 36.1 Å². The Morgan fingerprint density at radius 2 is 2.29 bits per heavy atom. The van der Waals surface area contributed by atoms with Crippen molar-refractivity contribution >= 4 is 15.9 Å². The molecule has 110 valence electrons. The Labute approximate surface area is 133 Å². The number of hydrogen-bond acceptors (Lipinski definition) is 3. The number of para-hydroxylation sites is 1. The van der Waals surface area contributed by atoms with E-state index >= 15 is 0 Å². The highest BCUT2D eigenvalue weighted by Gasteiger charge is 2.23. The lowest BCUT2D eigenvalue weighted by atomic mass is 9.96. The maximum Gasteiger partial charge on any atom is 0.127 e. The number of hydrogen-bond donors (Lipinski definition) is 1. The van der Waals surface area contributed by atoms with E-state index in [-0.39, 0.29) is 6.04 Å². The number of benzene rings is 1. The predicted molar refractivity (Wildman–Crippen MR) is 87.7 cm³/mol. The van der Waals surface area contributed by atoms with Gasteiger partial charge in [0.1, 0.15) is 5.75 Å². The van der Waals surface area contributed by atoms with Crippen LogP contribution in [-0.4, -0.2) is 18.1 Å². The molecule has 1 N–H and O–H groups in total. The molecule has 21 heavy (non-hydrogen) atoms. The molecule has 3 nitrogen and oxygen atoms in total. The Morgan fingerprint density at radius 3 is 3.10 bits per heavy atom. The monoisotopic (exact) mass is 346 g/mol. The van der Waals surface area contributed by atoms with Crippen LogP contribution in [0, 0.1) is 0 Å². The minimum Gasteiger partial charge on any atom is -0.493 e. The molecule has 1 aliphatic rings. The fraction of sp³-hybridized carbons (Fsp3) is 0.353. The van der Waals surface area contributed by atoms with Crippen molar-refractivity contribution in [3.63, 3.8) is 0 Å². The summed E-state index contributed by atoms with van der Waals surface area (Å²) in [5.41, 5.74) is 3.67. The van der Waals surface area contributed by atoms with Gasteiger partial charge in [-0.3, -0.25) is 4.98 Å². The van der Waals surface area contributed by atoms with Gasteiger partial charge in [-0.15, -0.1) is 0 Å². The Bertz CT molecular complexity index is 630. The second-order valence-corrected chi connectivity index (χ2v) is 6.17. The molecule has 1 atom stereocenters. The fourth-order valence-electron chi connectivity index (χ4n) is 2.75. The standard InChI is InChI=1S/C17H19BrN2O/c1-2-7-20-16(13-9-14(18)11-19-10-13)15-5-3-4-12-6-8-21-17(12)15/h3-5,9-11,16,20H,2,6-8H2,1H3. The van der Waals surface area contributed by atoms with Crippen molar-refractivity contribution in [1.82, 2.24) is 10.3 Å². The van der Waals surface area contributed by atoms with Gasteiger partial charge in [-0.25, -0.2) is 0 Å². The van der Waals surface area contributed by atoms with Crippen LogP contribution in [0.3, 0.4) is 0 Å². The number of fused-ring (bicyclic) bond motifs is 1. The third-order valence-corrected chi connectivity index (χ3v) is 4.15. The highest BCUT2D eigenvalue weighted by molar-refractivity contribution is 9.10. The molecule has 0 aliphatic carbocycles. The zero-order valence-corrected chi connectivity index (χ0v) is 13.7. The van der Waals surface area contributed by atoms with Crippen LogP contribution in [0.2, 0.25) is 0 Å². The van der Waals surface area contributed by atoms with Crippen LogP contribution in [0.25, 0.3) is 0 Å². The fourth-order valence-corrected chi connectivity index (χ4v) is 3.13. The van der Waals surface area contributed by atoms with Crippen LogP contribution >= 0.6 is 15.9 Å². The van der Waals surface area contributed by atoms with E-state index in [1.165, 1.54) is 11.1 Å². The van der Waals surface area contributed by atoms with Gasteiger partial charge in [-0.1, -0.05) is 25.1 Å². The third kappa shape index (κ3) is 3.11. The third-order valence-electron chi connectivity index (χ3n) is 3.71. The first-order valence-electron chi connectivity index (χ1n) is 7.38. The summed E-state index contributed by atoms with van der Waals surface area (Å²) in [5.74, 6) is 1.05. The molecule has 0 radical (unpaired) electrons. The van der Waals surface area contributed by atoms with Gasteiger partial charge >= 0.3 is 0 Å². The minimum absolute atomic E-state index is 0.114. The number of halogens is 1. The van der Waals surface area contributed by atoms with Crippen LogP contribution in [-0.2, 0) is 6.42 Å². The Balaban J connectivity index is 2.02. The average Bonchev–Trinajstić information content (AvgIpc) is 2.97. The van der Waals surface area contributed by atoms with Crippen LogP contribution < -0.4 is 10.1 Å². The van der Waals surface area contributed by atoms with Gasteiger partial charge in [0.05, 0.1) is 12.6 Å². The van der Waals surface area contributed by atoms with E-state index in [9.17, 15) is 0 Å². The van der Waals surface area contributed by atoms with E-state index in [2.05, 4.69) is 57.4 Å². The van der Waals surface area contributed by atoms with E-state index < -0.39 is 0 Å². The highest BCUT2D eigenvalue weighted by atomic mass is 79.9. The Morgan fingerprint density at radius 1 is 1.38 bits per heavy atom. The molecule has 0 bridgehead atoms.